The Morgan fingerprint density at radius 1 is 1.05 bits per heavy atom. The summed E-state index contributed by atoms with van der Waals surface area (Å²) in [6.07, 6.45) is 6.16. The molecule has 0 spiro atoms. The topological polar surface area (TPSA) is 86.8 Å². The van der Waals surface area contributed by atoms with Crippen molar-refractivity contribution in [2.24, 2.45) is 0 Å². The molecule has 0 aromatic heterocycles. The van der Waals surface area contributed by atoms with E-state index in [1.807, 2.05) is 6.07 Å². The molecular formula is C27H35Cl2N3O4S. The Morgan fingerprint density at radius 2 is 1.68 bits per heavy atom. The number of para-hydroxylation sites is 1. The lowest BCUT2D eigenvalue weighted by atomic mass is 9.95. The van der Waals surface area contributed by atoms with E-state index >= 15 is 0 Å². The number of nitrogens with one attached hydrogen (secondary N) is 1. The van der Waals surface area contributed by atoms with Gasteiger partial charge in [0, 0.05) is 22.6 Å². The number of carbonyl (C=O) groups is 2. The number of sulfonamides is 1. The van der Waals surface area contributed by atoms with Gasteiger partial charge in [0.25, 0.3) is 0 Å². The van der Waals surface area contributed by atoms with E-state index in [4.69, 9.17) is 23.2 Å². The summed E-state index contributed by atoms with van der Waals surface area (Å²) < 4.78 is 26.8. The van der Waals surface area contributed by atoms with Gasteiger partial charge in [0.2, 0.25) is 21.8 Å². The first kappa shape index (κ1) is 29.3. The molecule has 0 bridgehead atoms. The third kappa shape index (κ3) is 7.62. The van der Waals surface area contributed by atoms with Crippen molar-refractivity contribution in [3.05, 3.63) is 63.1 Å². The van der Waals surface area contributed by atoms with Crippen molar-refractivity contribution in [3.8, 4) is 0 Å². The summed E-state index contributed by atoms with van der Waals surface area (Å²) in [7, 11) is -3.81. The molecule has 0 saturated heterocycles. The number of hydrogen-bond acceptors (Lipinski definition) is 4. The number of amides is 2. The monoisotopic (exact) mass is 567 g/mol. The van der Waals surface area contributed by atoms with Crippen LogP contribution < -0.4 is 9.62 Å². The average Bonchev–Trinajstić information content (AvgIpc) is 2.82. The third-order valence-corrected chi connectivity index (χ3v) is 8.54. The predicted octanol–water partition coefficient (Wildman–Crippen LogP) is 5.24. The highest BCUT2D eigenvalue weighted by Gasteiger charge is 2.32. The molecule has 3 rings (SSSR count). The number of rotatable bonds is 9. The quantitative estimate of drug-likeness (QED) is 0.448. The van der Waals surface area contributed by atoms with E-state index in [9.17, 15) is 18.0 Å². The molecule has 2 amide bonds. The van der Waals surface area contributed by atoms with Crippen LogP contribution in [-0.4, -0.2) is 50.0 Å². The van der Waals surface area contributed by atoms with Gasteiger partial charge in [0.15, 0.2) is 0 Å². The van der Waals surface area contributed by atoms with Crippen LogP contribution in [0.1, 0.15) is 55.7 Å². The number of carbonyl (C=O) groups excluding carboxylic acids is 2. The van der Waals surface area contributed by atoms with Gasteiger partial charge in [-0.2, -0.15) is 0 Å². The number of halogens is 2. The van der Waals surface area contributed by atoms with Crippen LogP contribution in [0.4, 0.5) is 5.69 Å². The second-order valence-corrected chi connectivity index (χ2v) is 12.5. The van der Waals surface area contributed by atoms with Crippen molar-refractivity contribution in [2.45, 2.75) is 71.5 Å². The molecule has 1 atom stereocenters. The van der Waals surface area contributed by atoms with Gasteiger partial charge in [-0.1, -0.05) is 66.7 Å². The second-order valence-electron chi connectivity index (χ2n) is 9.79. The fourth-order valence-electron chi connectivity index (χ4n) is 4.76. The van der Waals surface area contributed by atoms with E-state index in [0.29, 0.717) is 21.3 Å². The molecule has 1 aliphatic carbocycles. The minimum absolute atomic E-state index is 0.0262. The predicted molar refractivity (Wildman–Crippen MR) is 150 cm³/mol. The van der Waals surface area contributed by atoms with E-state index in [-0.39, 0.29) is 18.5 Å². The van der Waals surface area contributed by atoms with E-state index < -0.39 is 28.5 Å². The maximum Gasteiger partial charge on any atom is 0.244 e. The van der Waals surface area contributed by atoms with Crippen molar-refractivity contribution in [1.29, 1.82) is 0 Å². The van der Waals surface area contributed by atoms with Crippen LogP contribution in [-0.2, 0) is 26.2 Å². The third-order valence-electron chi connectivity index (χ3n) is 6.84. The molecule has 2 aromatic carbocycles. The minimum Gasteiger partial charge on any atom is -0.352 e. The fourth-order valence-corrected chi connectivity index (χ4v) is 6.19. The van der Waals surface area contributed by atoms with Gasteiger partial charge >= 0.3 is 0 Å². The van der Waals surface area contributed by atoms with E-state index in [1.54, 1.807) is 51.1 Å². The van der Waals surface area contributed by atoms with Gasteiger partial charge in [-0.25, -0.2) is 8.42 Å². The van der Waals surface area contributed by atoms with Crippen LogP contribution in [0.15, 0.2) is 36.4 Å². The van der Waals surface area contributed by atoms with Crippen LogP contribution in [0.5, 0.6) is 0 Å². The van der Waals surface area contributed by atoms with Crippen molar-refractivity contribution in [2.75, 3.05) is 17.1 Å². The first-order valence-corrected chi connectivity index (χ1v) is 15.1. The molecule has 1 fully saturated rings. The summed E-state index contributed by atoms with van der Waals surface area (Å²) >= 11 is 12.5. The van der Waals surface area contributed by atoms with Crippen LogP contribution >= 0.6 is 23.2 Å². The molecule has 37 heavy (non-hydrogen) atoms. The van der Waals surface area contributed by atoms with Crippen LogP contribution in [0.2, 0.25) is 10.0 Å². The van der Waals surface area contributed by atoms with E-state index in [0.717, 1.165) is 53.8 Å². The van der Waals surface area contributed by atoms with Crippen molar-refractivity contribution < 1.29 is 18.0 Å². The molecule has 0 heterocycles. The van der Waals surface area contributed by atoms with Gasteiger partial charge in [0.1, 0.15) is 12.6 Å². The van der Waals surface area contributed by atoms with Gasteiger partial charge < -0.3 is 10.2 Å². The summed E-state index contributed by atoms with van der Waals surface area (Å²) in [4.78, 5) is 28.4. The zero-order valence-corrected chi connectivity index (χ0v) is 24.1. The Labute approximate surface area is 230 Å². The van der Waals surface area contributed by atoms with Crippen molar-refractivity contribution in [1.82, 2.24) is 10.2 Å². The van der Waals surface area contributed by atoms with Crippen LogP contribution in [0.25, 0.3) is 0 Å². The second kappa shape index (κ2) is 12.5. The molecule has 7 nitrogen and oxygen atoms in total. The number of aryl methyl sites for hydroxylation is 2. The lowest BCUT2D eigenvalue weighted by molar-refractivity contribution is -0.139. The van der Waals surface area contributed by atoms with Gasteiger partial charge in [-0.05, 0) is 62.4 Å². The Bertz CT molecular complexity index is 1230. The first-order chi connectivity index (χ1) is 17.4. The van der Waals surface area contributed by atoms with Crippen molar-refractivity contribution in [3.63, 3.8) is 0 Å². The Kier molecular flexibility index (Phi) is 9.89. The molecule has 1 aliphatic rings. The maximum atomic E-state index is 13.8. The van der Waals surface area contributed by atoms with Crippen molar-refractivity contribution >= 4 is 50.7 Å². The lowest BCUT2D eigenvalue weighted by Crippen LogP contribution is -2.53. The molecule has 2 aromatic rings. The van der Waals surface area contributed by atoms with E-state index in [2.05, 4.69) is 5.32 Å². The molecule has 1 saturated carbocycles. The standard InChI is InChI=1S/C27H35Cl2N3O4S/c1-18-9-8-10-19(2)26(18)32(37(4,35)36)17-25(33)31(16-21-13-14-22(28)15-24(21)29)20(3)27(34)30-23-11-6-5-7-12-23/h8-10,13-15,20,23H,5-7,11-12,16-17H2,1-4H3,(H,30,34)/t20-/m1/s1. The molecule has 1 N–H and O–H groups in total. The lowest BCUT2D eigenvalue weighted by Gasteiger charge is -2.33. The highest BCUT2D eigenvalue weighted by atomic mass is 35.5. The highest BCUT2D eigenvalue weighted by molar-refractivity contribution is 7.92. The molecule has 10 heteroatoms. The van der Waals surface area contributed by atoms with Gasteiger partial charge in [0.05, 0.1) is 11.9 Å². The molecule has 0 unspecified atom stereocenters. The van der Waals surface area contributed by atoms with Crippen LogP contribution in [0.3, 0.4) is 0 Å². The van der Waals surface area contributed by atoms with Gasteiger partial charge in [-0.15, -0.1) is 0 Å². The summed E-state index contributed by atoms with van der Waals surface area (Å²) in [5.74, 6) is -0.784. The highest BCUT2D eigenvalue weighted by Crippen LogP contribution is 2.28. The summed E-state index contributed by atoms with van der Waals surface area (Å²) in [5, 5.41) is 3.89. The summed E-state index contributed by atoms with van der Waals surface area (Å²) in [5.41, 5.74) is 2.53. The summed E-state index contributed by atoms with van der Waals surface area (Å²) in [6.45, 7) is 4.84. The smallest absolute Gasteiger partial charge is 0.244 e. The Hall–Kier alpha value is -2.29. The Balaban J connectivity index is 1.94. The SMILES string of the molecule is Cc1cccc(C)c1N(CC(=O)N(Cc1ccc(Cl)cc1Cl)[C@H](C)C(=O)NC1CCCCC1)S(C)(=O)=O. The zero-order valence-electron chi connectivity index (χ0n) is 21.8. The van der Waals surface area contributed by atoms with E-state index in [1.165, 1.54) is 4.90 Å². The molecule has 0 aliphatic heterocycles. The average molecular weight is 569 g/mol. The first-order valence-electron chi connectivity index (χ1n) is 12.5. The van der Waals surface area contributed by atoms with Crippen LogP contribution in [0, 0.1) is 13.8 Å². The maximum absolute atomic E-state index is 13.8. The summed E-state index contributed by atoms with van der Waals surface area (Å²) in [6, 6.07) is 9.61. The minimum atomic E-state index is -3.81. The zero-order chi connectivity index (χ0) is 27.3. The number of hydrogen-bond donors (Lipinski definition) is 1. The number of benzene rings is 2. The molecule has 0 radical (unpaired) electrons. The largest absolute Gasteiger partial charge is 0.352 e. The Morgan fingerprint density at radius 3 is 2.24 bits per heavy atom. The van der Waals surface area contributed by atoms with Gasteiger partial charge in [-0.3, -0.25) is 13.9 Å². The normalized spacial score (nSPS) is 15.2. The number of nitrogens with zero attached hydrogens (tertiary/aromatic N) is 2. The molecular weight excluding hydrogens is 533 g/mol. The fraction of sp³-hybridized carbons (Fsp3) is 0.481. The molecule has 202 valence electrons. The number of anilines is 1.